The lowest BCUT2D eigenvalue weighted by Crippen LogP contribution is -2.62. The number of hydrogen-bond acceptors (Lipinski definition) is 3. The largest absolute Gasteiger partial charge is 0.391 e. The van der Waals surface area contributed by atoms with Crippen molar-refractivity contribution in [2.24, 2.45) is 0 Å². The number of nitrogens with zero attached hydrogens (tertiary/aromatic N) is 1. The summed E-state index contributed by atoms with van der Waals surface area (Å²) in [4.78, 5) is 2.58. The summed E-state index contributed by atoms with van der Waals surface area (Å²) in [6.07, 6.45) is 7.11. The Balaban J connectivity index is 1.97. The fourth-order valence-electron chi connectivity index (χ4n) is 3.04. The summed E-state index contributed by atoms with van der Waals surface area (Å²) in [6, 6.07) is 1.10. The Morgan fingerprint density at radius 1 is 1.19 bits per heavy atom. The number of hydrogen-bond donors (Lipinski definition) is 2. The van der Waals surface area contributed by atoms with E-state index in [0.717, 1.165) is 26.1 Å². The topological polar surface area (TPSA) is 35.5 Å². The predicted octanol–water partition coefficient (Wildman–Crippen LogP) is 1.36. The third-order valence-corrected chi connectivity index (χ3v) is 4.08. The number of aliphatic hydroxyl groups excluding tert-OH is 1. The highest BCUT2D eigenvalue weighted by atomic mass is 16.3. The lowest BCUT2D eigenvalue weighted by Gasteiger charge is -2.44. The highest BCUT2D eigenvalue weighted by Gasteiger charge is 2.33. The fourth-order valence-corrected chi connectivity index (χ4v) is 3.04. The molecule has 2 unspecified atom stereocenters. The summed E-state index contributed by atoms with van der Waals surface area (Å²) in [5.41, 5.74) is 0. The third kappa shape index (κ3) is 2.76. The van der Waals surface area contributed by atoms with Crippen LogP contribution in [0, 0.1) is 0 Å². The molecule has 3 nitrogen and oxygen atoms in total. The lowest BCUT2D eigenvalue weighted by atomic mass is 9.99. The van der Waals surface area contributed by atoms with E-state index in [1.165, 1.54) is 32.1 Å². The predicted molar refractivity (Wildman–Crippen MR) is 66.5 cm³/mol. The van der Waals surface area contributed by atoms with Crippen molar-refractivity contribution in [3.63, 3.8) is 0 Å². The van der Waals surface area contributed by atoms with Crippen molar-refractivity contribution in [2.45, 2.75) is 63.6 Å². The molecular weight excluding hydrogens is 200 g/mol. The van der Waals surface area contributed by atoms with Gasteiger partial charge in [-0.05, 0) is 25.8 Å². The summed E-state index contributed by atoms with van der Waals surface area (Å²) >= 11 is 0. The van der Waals surface area contributed by atoms with Gasteiger partial charge in [-0.25, -0.2) is 0 Å². The summed E-state index contributed by atoms with van der Waals surface area (Å²) in [5.74, 6) is 0. The first-order valence-corrected chi connectivity index (χ1v) is 6.97. The molecule has 16 heavy (non-hydrogen) atoms. The minimum absolute atomic E-state index is 0.0883. The first-order chi connectivity index (χ1) is 7.83. The number of aliphatic hydroxyl groups is 1. The van der Waals surface area contributed by atoms with Gasteiger partial charge in [0.15, 0.2) is 0 Å². The number of nitrogens with one attached hydrogen (secondary N) is 1. The van der Waals surface area contributed by atoms with Crippen molar-refractivity contribution in [2.75, 3.05) is 19.6 Å². The van der Waals surface area contributed by atoms with Gasteiger partial charge in [-0.1, -0.05) is 26.2 Å². The molecule has 2 atom stereocenters. The van der Waals surface area contributed by atoms with Gasteiger partial charge < -0.3 is 10.4 Å². The second kappa shape index (κ2) is 5.99. The third-order valence-electron chi connectivity index (χ3n) is 4.08. The minimum atomic E-state index is -0.0883. The van der Waals surface area contributed by atoms with Crippen molar-refractivity contribution in [1.82, 2.24) is 10.2 Å². The first-order valence-electron chi connectivity index (χ1n) is 6.97. The molecule has 1 heterocycles. The van der Waals surface area contributed by atoms with E-state index in [-0.39, 0.29) is 6.10 Å². The molecule has 2 N–H and O–H groups in total. The van der Waals surface area contributed by atoms with Crippen LogP contribution in [0.1, 0.15) is 45.4 Å². The maximum absolute atomic E-state index is 10.3. The molecule has 1 saturated heterocycles. The molecule has 0 spiro atoms. The van der Waals surface area contributed by atoms with Gasteiger partial charge in [-0.2, -0.15) is 0 Å². The molecule has 0 bridgehead atoms. The average Bonchev–Trinajstić information content (AvgIpc) is 2.39. The molecule has 1 aliphatic heterocycles. The normalized spacial score (nSPS) is 32.4. The molecule has 2 fully saturated rings. The van der Waals surface area contributed by atoms with Crippen LogP contribution in [-0.2, 0) is 0 Å². The molecule has 0 amide bonds. The highest BCUT2D eigenvalue weighted by Crippen LogP contribution is 2.25. The molecular formula is C13H26N2O. The van der Waals surface area contributed by atoms with E-state index in [9.17, 15) is 5.11 Å². The van der Waals surface area contributed by atoms with Gasteiger partial charge in [-0.15, -0.1) is 0 Å². The van der Waals surface area contributed by atoms with E-state index >= 15 is 0 Å². The van der Waals surface area contributed by atoms with Gasteiger partial charge in [0.1, 0.15) is 0 Å². The Morgan fingerprint density at radius 2 is 1.94 bits per heavy atom. The van der Waals surface area contributed by atoms with Crippen LogP contribution in [0.5, 0.6) is 0 Å². The first kappa shape index (κ1) is 12.3. The number of rotatable bonds is 4. The highest BCUT2D eigenvalue weighted by molar-refractivity contribution is 4.91. The summed E-state index contributed by atoms with van der Waals surface area (Å²) in [6.45, 7) is 5.61. The molecule has 2 rings (SSSR count). The molecule has 0 aromatic heterocycles. The van der Waals surface area contributed by atoms with Gasteiger partial charge in [0, 0.05) is 25.2 Å². The van der Waals surface area contributed by atoms with Crippen molar-refractivity contribution in [3.8, 4) is 0 Å². The molecule has 3 heteroatoms. The molecule has 1 aliphatic carbocycles. The molecule has 0 aromatic carbocycles. The van der Waals surface area contributed by atoms with Crippen LogP contribution in [0.3, 0.4) is 0 Å². The quantitative estimate of drug-likeness (QED) is 0.711. The Bertz CT molecular complexity index is 206. The van der Waals surface area contributed by atoms with Gasteiger partial charge in [0.2, 0.25) is 0 Å². The van der Waals surface area contributed by atoms with E-state index < -0.39 is 0 Å². The van der Waals surface area contributed by atoms with E-state index in [4.69, 9.17) is 0 Å². The van der Waals surface area contributed by atoms with Crippen LogP contribution in [0.2, 0.25) is 0 Å². The van der Waals surface area contributed by atoms with Gasteiger partial charge in [0.25, 0.3) is 0 Å². The zero-order chi connectivity index (χ0) is 11.4. The molecule has 1 saturated carbocycles. The summed E-state index contributed by atoms with van der Waals surface area (Å²) in [7, 11) is 0. The maximum Gasteiger partial charge on any atom is 0.0695 e. The van der Waals surface area contributed by atoms with Crippen LogP contribution in [0.4, 0.5) is 0 Å². The molecule has 0 aromatic rings. The van der Waals surface area contributed by atoms with E-state index in [2.05, 4.69) is 17.1 Å². The van der Waals surface area contributed by atoms with Crippen LogP contribution in [-0.4, -0.2) is 47.8 Å². The van der Waals surface area contributed by atoms with Gasteiger partial charge in [0.05, 0.1) is 6.10 Å². The molecule has 2 aliphatic rings. The summed E-state index contributed by atoms with van der Waals surface area (Å²) < 4.78 is 0. The Kier molecular flexibility index (Phi) is 4.62. The molecule has 94 valence electrons. The van der Waals surface area contributed by atoms with Gasteiger partial charge >= 0.3 is 0 Å². The Hall–Kier alpha value is -0.120. The fraction of sp³-hybridized carbons (Fsp3) is 1.00. The van der Waals surface area contributed by atoms with Crippen LogP contribution < -0.4 is 5.32 Å². The Labute approximate surface area is 99.2 Å². The smallest absolute Gasteiger partial charge is 0.0695 e. The zero-order valence-corrected chi connectivity index (χ0v) is 10.5. The van der Waals surface area contributed by atoms with Crippen molar-refractivity contribution >= 4 is 0 Å². The lowest BCUT2D eigenvalue weighted by molar-refractivity contribution is 0.00547. The standard InChI is InChI=1S/C13H26N2O/c1-2-8-15(11-9-14-10-11)12-6-4-3-5-7-13(12)16/h11-14,16H,2-10H2,1H3. The monoisotopic (exact) mass is 226 g/mol. The van der Waals surface area contributed by atoms with E-state index in [1.54, 1.807) is 0 Å². The maximum atomic E-state index is 10.3. The zero-order valence-electron chi connectivity index (χ0n) is 10.5. The minimum Gasteiger partial charge on any atom is -0.391 e. The van der Waals surface area contributed by atoms with Crippen molar-refractivity contribution in [3.05, 3.63) is 0 Å². The van der Waals surface area contributed by atoms with E-state index in [0.29, 0.717) is 12.1 Å². The Morgan fingerprint density at radius 3 is 2.56 bits per heavy atom. The van der Waals surface area contributed by atoms with Gasteiger partial charge in [-0.3, -0.25) is 4.90 Å². The second-order valence-electron chi connectivity index (χ2n) is 5.32. The van der Waals surface area contributed by atoms with Crippen LogP contribution in [0.15, 0.2) is 0 Å². The molecule has 0 radical (unpaired) electrons. The summed E-state index contributed by atoms with van der Waals surface area (Å²) in [5, 5.41) is 13.6. The van der Waals surface area contributed by atoms with Crippen molar-refractivity contribution < 1.29 is 5.11 Å². The van der Waals surface area contributed by atoms with Crippen molar-refractivity contribution in [1.29, 1.82) is 0 Å². The second-order valence-corrected chi connectivity index (χ2v) is 5.32. The van der Waals surface area contributed by atoms with Crippen LogP contribution >= 0.6 is 0 Å². The average molecular weight is 226 g/mol. The van der Waals surface area contributed by atoms with E-state index in [1.807, 2.05) is 0 Å². The van der Waals surface area contributed by atoms with Crippen LogP contribution in [0.25, 0.3) is 0 Å². The SMILES string of the molecule is CCCN(C1CNC1)C1CCCCCC1O.